The van der Waals surface area contributed by atoms with E-state index in [2.05, 4.69) is 15.6 Å². The lowest BCUT2D eigenvalue weighted by Crippen LogP contribution is -2.34. The quantitative estimate of drug-likeness (QED) is 0.889. The first kappa shape index (κ1) is 14.8. The summed E-state index contributed by atoms with van der Waals surface area (Å²) in [6.45, 7) is 4.53. The molecule has 0 amide bonds. The van der Waals surface area contributed by atoms with E-state index in [1.165, 1.54) is 38.0 Å². The molecule has 5 heteroatoms. The molecule has 4 nitrogen and oxygen atoms in total. The fourth-order valence-electron chi connectivity index (χ4n) is 2.91. The smallest absolute Gasteiger partial charge is 0.126 e. The molecule has 3 heterocycles. The monoisotopic (exact) mass is 305 g/mol. The molecule has 0 radical (unpaired) electrons. The second-order valence-corrected chi connectivity index (χ2v) is 6.63. The number of thiazole rings is 1. The first-order valence-corrected chi connectivity index (χ1v) is 8.57. The van der Waals surface area contributed by atoms with Crippen molar-refractivity contribution < 1.29 is 4.42 Å². The number of nitrogens with zero attached hydrogens (tertiary/aromatic N) is 2. The Bertz CT molecular complexity index is 529. The van der Waals surface area contributed by atoms with Gasteiger partial charge < -0.3 is 9.73 Å². The highest BCUT2D eigenvalue weighted by atomic mass is 32.1. The molecule has 1 saturated heterocycles. The van der Waals surface area contributed by atoms with E-state index >= 15 is 0 Å². The number of hydrogen-bond acceptors (Lipinski definition) is 5. The average Bonchev–Trinajstić information content (AvgIpc) is 3.17. The van der Waals surface area contributed by atoms with Crippen LogP contribution in [0.15, 0.2) is 28.4 Å². The van der Waals surface area contributed by atoms with Crippen molar-refractivity contribution in [2.45, 2.75) is 25.8 Å². The molecule has 21 heavy (non-hydrogen) atoms. The van der Waals surface area contributed by atoms with Crippen molar-refractivity contribution in [3.8, 4) is 10.6 Å². The molecule has 2 aromatic rings. The molecule has 0 bridgehead atoms. The second kappa shape index (κ2) is 7.20. The lowest BCUT2D eigenvalue weighted by atomic mass is 9.93. The summed E-state index contributed by atoms with van der Waals surface area (Å²) in [5.74, 6) is 0.894. The van der Waals surface area contributed by atoms with Crippen LogP contribution in [0.25, 0.3) is 10.6 Å². The molecule has 1 fully saturated rings. The number of rotatable bonds is 6. The Balaban J connectivity index is 1.49. The topological polar surface area (TPSA) is 41.3 Å². The van der Waals surface area contributed by atoms with E-state index in [0.717, 1.165) is 29.6 Å². The molecule has 1 aliphatic rings. The number of hydrogen-bond donors (Lipinski definition) is 1. The molecule has 114 valence electrons. The molecule has 1 aliphatic heterocycles. The average molecular weight is 305 g/mol. The number of nitrogens with one attached hydrogen (secondary N) is 1. The first-order valence-electron chi connectivity index (χ1n) is 7.69. The van der Waals surface area contributed by atoms with Gasteiger partial charge in [0.2, 0.25) is 0 Å². The molecule has 1 N–H and O–H groups in total. The van der Waals surface area contributed by atoms with Crippen LogP contribution in [-0.4, -0.2) is 36.6 Å². The Morgan fingerprint density at radius 2 is 2.29 bits per heavy atom. The highest BCUT2D eigenvalue weighted by molar-refractivity contribution is 7.13. The van der Waals surface area contributed by atoms with Crippen molar-refractivity contribution in [3.63, 3.8) is 0 Å². The van der Waals surface area contributed by atoms with Gasteiger partial charge >= 0.3 is 0 Å². The fourth-order valence-corrected chi connectivity index (χ4v) is 3.71. The summed E-state index contributed by atoms with van der Waals surface area (Å²) in [5.41, 5.74) is 2.27. The maximum Gasteiger partial charge on any atom is 0.126 e. The van der Waals surface area contributed by atoms with Crippen LogP contribution in [0, 0.1) is 5.92 Å². The van der Waals surface area contributed by atoms with E-state index in [-0.39, 0.29) is 0 Å². The van der Waals surface area contributed by atoms with Crippen molar-refractivity contribution in [2.75, 3.05) is 26.7 Å². The molecule has 3 rings (SSSR count). The Morgan fingerprint density at radius 3 is 3.00 bits per heavy atom. The standard InChI is InChI=1S/C16H23N3OS/c1-17-6-2-13-3-7-19(8-4-13)10-15-12-21-16(18-15)14-5-9-20-11-14/h5,9,11-13,17H,2-4,6-8,10H2,1H3. The summed E-state index contributed by atoms with van der Waals surface area (Å²) in [5, 5.41) is 6.49. The number of aromatic nitrogens is 1. The summed E-state index contributed by atoms with van der Waals surface area (Å²) in [6.07, 6.45) is 7.41. The fraction of sp³-hybridized carbons (Fsp3) is 0.562. The number of furan rings is 1. The van der Waals surface area contributed by atoms with E-state index in [1.54, 1.807) is 23.9 Å². The van der Waals surface area contributed by atoms with Gasteiger partial charge in [0.25, 0.3) is 0 Å². The van der Waals surface area contributed by atoms with Gasteiger partial charge in [-0.2, -0.15) is 0 Å². The predicted octanol–water partition coefficient (Wildman–Crippen LogP) is 3.22. The van der Waals surface area contributed by atoms with Gasteiger partial charge in [0.1, 0.15) is 11.3 Å². The highest BCUT2D eigenvalue weighted by Gasteiger charge is 2.19. The van der Waals surface area contributed by atoms with E-state index in [9.17, 15) is 0 Å². The third-order valence-electron chi connectivity index (χ3n) is 4.22. The van der Waals surface area contributed by atoms with Gasteiger partial charge in [-0.05, 0) is 57.9 Å². The summed E-state index contributed by atoms with van der Waals surface area (Å²) in [7, 11) is 2.04. The zero-order valence-corrected chi connectivity index (χ0v) is 13.4. The molecule has 0 saturated carbocycles. The third-order valence-corrected chi connectivity index (χ3v) is 5.16. The predicted molar refractivity (Wildman–Crippen MR) is 86.4 cm³/mol. The van der Waals surface area contributed by atoms with Crippen LogP contribution in [0.5, 0.6) is 0 Å². The van der Waals surface area contributed by atoms with E-state index in [0.29, 0.717) is 0 Å². The molecular weight excluding hydrogens is 282 g/mol. The van der Waals surface area contributed by atoms with Crippen LogP contribution in [0.2, 0.25) is 0 Å². The van der Waals surface area contributed by atoms with Gasteiger partial charge in [0.05, 0.1) is 12.0 Å². The zero-order chi connectivity index (χ0) is 14.5. The summed E-state index contributed by atoms with van der Waals surface area (Å²) < 4.78 is 5.12. The van der Waals surface area contributed by atoms with E-state index in [1.807, 2.05) is 13.1 Å². The normalized spacial score (nSPS) is 17.4. The first-order chi connectivity index (χ1) is 10.3. The second-order valence-electron chi connectivity index (χ2n) is 5.77. The maximum atomic E-state index is 5.12. The van der Waals surface area contributed by atoms with Crippen molar-refractivity contribution in [1.82, 2.24) is 15.2 Å². The van der Waals surface area contributed by atoms with Crippen LogP contribution in [0.1, 0.15) is 25.0 Å². The minimum Gasteiger partial charge on any atom is -0.472 e. The van der Waals surface area contributed by atoms with E-state index in [4.69, 9.17) is 9.40 Å². The van der Waals surface area contributed by atoms with Gasteiger partial charge in [0.15, 0.2) is 0 Å². The van der Waals surface area contributed by atoms with Gasteiger partial charge in [-0.3, -0.25) is 4.90 Å². The van der Waals surface area contributed by atoms with Gasteiger partial charge in [0, 0.05) is 17.5 Å². The molecule has 0 aliphatic carbocycles. The molecule has 0 spiro atoms. The minimum atomic E-state index is 0.894. The summed E-state index contributed by atoms with van der Waals surface area (Å²) in [4.78, 5) is 7.25. The Morgan fingerprint density at radius 1 is 1.43 bits per heavy atom. The van der Waals surface area contributed by atoms with Crippen LogP contribution >= 0.6 is 11.3 Å². The molecular formula is C16H23N3OS. The van der Waals surface area contributed by atoms with Crippen LogP contribution in [0.3, 0.4) is 0 Å². The molecule has 0 atom stereocenters. The summed E-state index contributed by atoms with van der Waals surface area (Å²) in [6, 6.07) is 1.97. The largest absolute Gasteiger partial charge is 0.472 e. The molecule has 0 aromatic carbocycles. The van der Waals surface area contributed by atoms with Crippen molar-refractivity contribution >= 4 is 11.3 Å². The van der Waals surface area contributed by atoms with Gasteiger partial charge in [-0.25, -0.2) is 4.98 Å². The number of likely N-dealkylation sites (tertiary alicyclic amines) is 1. The minimum absolute atomic E-state index is 0.894. The molecule has 2 aromatic heterocycles. The maximum absolute atomic E-state index is 5.12. The third kappa shape index (κ3) is 3.93. The SMILES string of the molecule is CNCCC1CCN(Cc2csc(-c3ccoc3)n2)CC1. The van der Waals surface area contributed by atoms with Crippen LogP contribution in [0.4, 0.5) is 0 Å². The van der Waals surface area contributed by atoms with Crippen molar-refractivity contribution in [3.05, 3.63) is 29.7 Å². The van der Waals surface area contributed by atoms with Crippen molar-refractivity contribution in [2.24, 2.45) is 5.92 Å². The van der Waals surface area contributed by atoms with Crippen LogP contribution in [-0.2, 0) is 6.54 Å². The van der Waals surface area contributed by atoms with Crippen LogP contribution < -0.4 is 5.32 Å². The van der Waals surface area contributed by atoms with E-state index < -0.39 is 0 Å². The number of piperidine rings is 1. The lowest BCUT2D eigenvalue weighted by Gasteiger charge is -2.31. The molecule has 0 unspecified atom stereocenters. The Hall–Kier alpha value is -1.17. The van der Waals surface area contributed by atoms with Gasteiger partial charge in [-0.1, -0.05) is 0 Å². The zero-order valence-electron chi connectivity index (χ0n) is 12.5. The lowest BCUT2D eigenvalue weighted by molar-refractivity contribution is 0.171. The van der Waals surface area contributed by atoms with Crippen molar-refractivity contribution in [1.29, 1.82) is 0 Å². The highest BCUT2D eigenvalue weighted by Crippen LogP contribution is 2.26. The Labute approximate surface area is 130 Å². The van der Waals surface area contributed by atoms with Gasteiger partial charge in [-0.15, -0.1) is 11.3 Å². The summed E-state index contributed by atoms with van der Waals surface area (Å²) >= 11 is 1.70. The Kier molecular flexibility index (Phi) is 5.06.